The number of ether oxygens (including phenoxy) is 2. The molecule has 1 aromatic carbocycles. The van der Waals surface area contributed by atoms with Gasteiger partial charge in [-0.25, -0.2) is 0 Å². The van der Waals surface area contributed by atoms with E-state index in [1.54, 1.807) is 12.1 Å². The molecule has 0 aromatic heterocycles. The predicted octanol–water partition coefficient (Wildman–Crippen LogP) is 0.485. The first-order chi connectivity index (χ1) is 7.70. The molecule has 2 fully saturated rings. The van der Waals surface area contributed by atoms with Gasteiger partial charge in [-0.15, -0.1) is 0 Å². The van der Waals surface area contributed by atoms with Crippen LogP contribution in [0.2, 0.25) is 0 Å². The van der Waals surface area contributed by atoms with E-state index in [2.05, 4.69) is 0 Å². The van der Waals surface area contributed by atoms with Gasteiger partial charge in [-0.1, -0.05) is 6.07 Å². The van der Waals surface area contributed by atoms with Gasteiger partial charge in [0.25, 0.3) is 0 Å². The normalized spacial score (nSPS) is 44.9. The Morgan fingerprint density at radius 1 is 1.19 bits per heavy atom. The van der Waals surface area contributed by atoms with Crippen molar-refractivity contribution in [3.8, 4) is 5.75 Å². The zero-order chi connectivity index (χ0) is 10.7. The summed E-state index contributed by atoms with van der Waals surface area (Å²) in [5.74, 6) is -0.847. The molecule has 1 aromatic rings. The van der Waals surface area contributed by atoms with Crippen LogP contribution in [0.5, 0.6) is 5.75 Å². The number of fused-ring (bicyclic) bond motifs is 8. The minimum atomic E-state index is -1.09. The number of benzene rings is 1. The van der Waals surface area contributed by atoms with Gasteiger partial charge in [-0.2, -0.15) is 0 Å². The largest absolute Gasteiger partial charge is 0.508 e. The van der Waals surface area contributed by atoms with E-state index in [1.165, 1.54) is 0 Å². The second-order valence-electron chi connectivity index (χ2n) is 4.78. The number of rotatable bonds is 0. The van der Waals surface area contributed by atoms with Crippen molar-refractivity contribution in [2.24, 2.45) is 0 Å². The minimum Gasteiger partial charge on any atom is -0.508 e. The number of hydrogen-bond donors (Lipinski definition) is 2. The Hall–Kier alpha value is -1.36. The summed E-state index contributed by atoms with van der Waals surface area (Å²) in [6.07, 6.45) is -0.436. The van der Waals surface area contributed by atoms with Crippen molar-refractivity contribution < 1.29 is 19.7 Å². The summed E-state index contributed by atoms with van der Waals surface area (Å²) in [6.45, 7) is 0. The van der Waals surface area contributed by atoms with Crippen molar-refractivity contribution in [3.05, 3.63) is 29.3 Å². The van der Waals surface area contributed by atoms with Crippen LogP contribution >= 0.6 is 0 Å². The van der Waals surface area contributed by atoms with E-state index in [9.17, 15) is 10.2 Å². The first kappa shape index (κ1) is 7.84. The van der Waals surface area contributed by atoms with E-state index in [-0.39, 0.29) is 24.1 Å². The van der Waals surface area contributed by atoms with Gasteiger partial charge in [0.2, 0.25) is 5.79 Å². The second kappa shape index (κ2) is 1.93. The standard InChI is InChI=1S/C12H8O4/c13-4-1-2-5-6(3-4)8-7(5)9-11(15-9)12(14)10(8)16-12/h1-3,9-11,13-14H. The fraction of sp³-hybridized carbons (Fsp3) is 0.333. The summed E-state index contributed by atoms with van der Waals surface area (Å²) in [7, 11) is 0. The smallest absolute Gasteiger partial charge is 0.227 e. The summed E-state index contributed by atoms with van der Waals surface area (Å²) >= 11 is 0. The molecule has 5 rings (SSSR count). The molecule has 4 unspecified atom stereocenters. The van der Waals surface area contributed by atoms with E-state index in [0.29, 0.717) is 0 Å². The lowest BCUT2D eigenvalue weighted by atomic mass is 9.72. The zero-order valence-corrected chi connectivity index (χ0v) is 8.18. The fourth-order valence-electron chi connectivity index (χ4n) is 3.09. The highest BCUT2D eigenvalue weighted by molar-refractivity contribution is 6.10. The number of epoxide rings is 2. The monoisotopic (exact) mass is 216 g/mol. The van der Waals surface area contributed by atoms with E-state index in [4.69, 9.17) is 9.47 Å². The molecule has 2 N–H and O–H groups in total. The molecule has 16 heavy (non-hydrogen) atoms. The maximum absolute atomic E-state index is 10.0. The third-order valence-electron chi connectivity index (χ3n) is 3.94. The van der Waals surface area contributed by atoms with E-state index in [0.717, 1.165) is 22.3 Å². The van der Waals surface area contributed by atoms with Crippen molar-refractivity contribution in [3.63, 3.8) is 0 Å². The quantitative estimate of drug-likeness (QED) is 0.489. The molecule has 0 bridgehead atoms. The zero-order valence-electron chi connectivity index (χ0n) is 8.18. The highest BCUT2D eigenvalue weighted by Crippen LogP contribution is 2.66. The van der Waals surface area contributed by atoms with Crippen LogP contribution in [0.25, 0.3) is 11.1 Å². The molecule has 4 atom stereocenters. The lowest BCUT2D eigenvalue weighted by Gasteiger charge is -2.28. The molecule has 4 nitrogen and oxygen atoms in total. The van der Waals surface area contributed by atoms with Gasteiger partial charge in [0, 0.05) is 5.57 Å². The minimum absolute atomic E-state index is 0.00390. The lowest BCUT2D eigenvalue weighted by molar-refractivity contribution is 0.0107. The van der Waals surface area contributed by atoms with Crippen LogP contribution in [0.15, 0.2) is 18.2 Å². The Morgan fingerprint density at radius 2 is 2.06 bits per heavy atom. The SMILES string of the molecule is Oc1ccc2c(c1)C1=C2C2OC2C2(O)OC12. The number of phenols is 1. The van der Waals surface area contributed by atoms with Gasteiger partial charge in [0.1, 0.15) is 24.1 Å². The Morgan fingerprint density at radius 3 is 2.94 bits per heavy atom. The van der Waals surface area contributed by atoms with Gasteiger partial charge >= 0.3 is 0 Å². The third-order valence-corrected chi connectivity index (χ3v) is 3.94. The van der Waals surface area contributed by atoms with Crippen molar-refractivity contribution in [2.75, 3.05) is 0 Å². The van der Waals surface area contributed by atoms with Gasteiger partial charge < -0.3 is 19.7 Å². The van der Waals surface area contributed by atoms with Gasteiger partial charge in [-0.3, -0.25) is 0 Å². The maximum atomic E-state index is 10.0. The molecule has 2 aliphatic heterocycles. The Kier molecular flexibility index (Phi) is 0.944. The van der Waals surface area contributed by atoms with E-state index in [1.807, 2.05) is 6.07 Å². The molecule has 4 aliphatic rings. The summed E-state index contributed by atoms with van der Waals surface area (Å²) in [4.78, 5) is 0. The summed E-state index contributed by atoms with van der Waals surface area (Å²) in [5, 5.41) is 19.5. The van der Waals surface area contributed by atoms with Crippen LogP contribution in [0.4, 0.5) is 0 Å². The van der Waals surface area contributed by atoms with Crippen LogP contribution in [0.1, 0.15) is 11.1 Å². The summed E-state index contributed by atoms with van der Waals surface area (Å²) in [5.41, 5.74) is 4.29. The molecular weight excluding hydrogens is 208 g/mol. The Balaban J connectivity index is 1.75. The first-order valence-electron chi connectivity index (χ1n) is 5.33. The van der Waals surface area contributed by atoms with Crippen molar-refractivity contribution >= 4 is 11.1 Å². The van der Waals surface area contributed by atoms with Gasteiger partial charge in [-0.05, 0) is 28.8 Å². The highest BCUT2D eigenvalue weighted by atomic mass is 16.8. The number of hydrogen-bond acceptors (Lipinski definition) is 4. The van der Waals surface area contributed by atoms with Crippen molar-refractivity contribution in [1.29, 1.82) is 0 Å². The molecule has 0 amide bonds. The number of aromatic hydroxyl groups is 1. The lowest BCUT2D eigenvalue weighted by Crippen LogP contribution is -2.32. The van der Waals surface area contributed by atoms with Gasteiger partial charge in [0.15, 0.2) is 0 Å². The first-order valence-corrected chi connectivity index (χ1v) is 5.33. The number of aliphatic hydroxyl groups is 1. The third kappa shape index (κ3) is 0.618. The average Bonchev–Trinajstić information content (AvgIpc) is 3.08. The van der Waals surface area contributed by atoms with Crippen LogP contribution in [-0.4, -0.2) is 34.3 Å². The molecular formula is C12H8O4. The van der Waals surface area contributed by atoms with Crippen molar-refractivity contribution in [1.82, 2.24) is 0 Å². The second-order valence-corrected chi connectivity index (χ2v) is 4.78. The van der Waals surface area contributed by atoms with E-state index < -0.39 is 5.79 Å². The molecule has 0 spiro atoms. The molecule has 2 aliphatic carbocycles. The van der Waals surface area contributed by atoms with Crippen molar-refractivity contribution in [2.45, 2.75) is 24.1 Å². The van der Waals surface area contributed by atoms with Crippen LogP contribution in [-0.2, 0) is 9.47 Å². The maximum Gasteiger partial charge on any atom is 0.227 e. The topological polar surface area (TPSA) is 65.5 Å². The average molecular weight is 216 g/mol. The molecule has 2 saturated heterocycles. The molecule has 4 heteroatoms. The molecule has 0 saturated carbocycles. The Bertz CT molecular complexity index is 591. The van der Waals surface area contributed by atoms with Crippen LogP contribution in [0, 0.1) is 0 Å². The summed E-state index contributed by atoms with van der Waals surface area (Å²) < 4.78 is 10.8. The van der Waals surface area contributed by atoms with E-state index >= 15 is 0 Å². The molecule has 0 radical (unpaired) electrons. The summed E-state index contributed by atoms with van der Waals surface area (Å²) in [6, 6.07) is 5.29. The highest BCUT2D eigenvalue weighted by Gasteiger charge is 2.77. The predicted molar refractivity (Wildman–Crippen MR) is 53.4 cm³/mol. The van der Waals surface area contributed by atoms with Gasteiger partial charge in [0.05, 0.1) is 0 Å². The number of phenolic OH excluding ortho intramolecular Hbond substituents is 1. The van der Waals surface area contributed by atoms with Crippen LogP contribution in [0.3, 0.4) is 0 Å². The fourth-order valence-corrected chi connectivity index (χ4v) is 3.09. The van der Waals surface area contributed by atoms with Crippen LogP contribution < -0.4 is 0 Å². The molecule has 80 valence electrons. The molecule has 2 heterocycles. The Labute approximate surface area is 90.7 Å².